The van der Waals surface area contributed by atoms with Crippen molar-refractivity contribution >= 4 is 22.6 Å². The summed E-state index contributed by atoms with van der Waals surface area (Å²) >= 11 is 0. The molecule has 2 aromatic carbocycles. The number of anilines is 1. The number of benzene rings is 2. The Balaban J connectivity index is 1.45. The fourth-order valence-electron chi connectivity index (χ4n) is 4.01. The van der Waals surface area contributed by atoms with Crippen molar-refractivity contribution in [2.24, 2.45) is 0 Å². The summed E-state index contributed by atoms with van der Waals surface area (Å²) in [5, 5.41) is 7.22. The standard InChI is InChI=1S/C22H25N3O4/c1-27-19-11-14(12-20(28-2)21(19)29-3)24-22(26)23-13-8-9-16-15-6-4-5-7-17(15)25-18(16)10-13/h4-7,11-13,25H,8-10H2,1-3H3,(H2,23,24,26). The minimum Gasteiger partial charge on any atom is -0.493 e. The van der Waals surface area contributed by atoms with Crippen LogP contribution in [0, 0.1) is 0 Å². The van der Waals surface area contributed by atoms with E-state index in [1.807, 2.05) is 6.07 Å². The van der Waals surface area contributed by atoms with Gasteiger partial charge in [-0.1, -0.05) is 18.2 Å². The lowest BCUT2D eigenvalue weighted by Gasteiger charge is -2.24. The van der Waals surface area contributed by atoms with Crippen LogP contribution in [0.25, 0.3) is 10.9 Å². The van der Waals surface area contributed by atoms with E-state index in [1.165, 1.54) is 16.6 Å². The average Bonchev–Trinajstić information content (AvgIpc) is 3.10. The molecule has 3 aromatic rings. The van der Waals surface area contributed by atoms with Crippen molar-refractivity contribution in [1.29, 1.82) is 0 Å². The highest BCUT2D eigenvalue weighted by molar-refractivity contribution is 5.90. The molecule has 0 aliphatic heterocycles. The van der Waals surface area contributed by atoms with Crippen LogP contribution in [0.15, 0.2) is 36.4 Å². The third-order valence-corrected chi connectivity index (χ3v) is 5.35. The van der Waals surface area contributed by atoms with E-state index in [0.717, 1.165) is 24.8 Å². The van der Waals surface area contributed by atoms with E-state index in [1.54, 1.807) is 33.5 Å². The molecule has 1 aromatic heterocycles. The van der Waals surface area contributed by atoms with Crippen LogP contribution in [0.1, 0.15) is 17.7 Å². The number of ether oxygens (including phenoxy) is 3. The van der Waals surface area contributed by atoms with Gasteiger partial charge in [-0.2, -0.15) is 0 Å². The minimum absolute atomic E-state index is 0.0672. The summed E-state index contributed by atoms with van der Waals surface area (Å²) in [4.78, 5) is 16.1. The van der Waals surface area contributed by atoms with Gasteiger partial charge in [-0.05, 0) is 24.5 Å². The molecule has 152 valence electrons. The van der Waals surface area contributed by atoms with Gasteiger partial charge >= 0.3 is 6.03 Å². The average molecular weight is 395 g/mol. The number of methoxy groups -OCH3 is 3. The van der Waals surface area contributed by atoms with Crippen molar-refractivity contribution in [3.05, 3.63) is 47.7 Å². The SMILES string of the molecule is COc1cc(NC(=O)NC2CCc3c([nH]c4ccccc34)C2)cc(OC)c1OC. The van der Waals surface area contributed by atoms with E-state index in [2.05, 4.69) is 33.8 Å². The number of aryl methyl sites for hydroxylation is 1. The molecule has 0 fully saturated rings. The predicted octanol–water partition coefficient (Wildman–Crippen LogP) is 3.87. The topological polar surface area (TPSA) is 84.6 Å². The molecule has 3 N–H and O–H groups in total. The quantitative estimate of drug-likeness (QED) is 0.612. The van der Waals surface area contributed by atoms with Gasteiger partial charge < -0.3 is 29.8 Å². The largest absolute Gasteiger partial charge is 0.493 e. The Bertz CT molecular complexity index is 1020. The Morgan fingerprint density at radius 3 is 2.48 bits per heavy atom. The van der Waals surface area contributed by atoms with Crippen molar-refractivity contribution in [2.75, 3.05) is 26.6 Å². The molecule has 0 bridgehead atoms. The molecule has 0 radical (unpaired) electrons. The maximum Gasteiger partial charge on any atom is 0.319 e. The second-order valence-electron chi connectivity index (χ2n) is 7.08. The normalized spacial score (nSPS) is 15.5. The van der Waals surface area contributed by atoms with Gasteiger partial charge in [0.25, 0.3) is 0 Å². The lowest BCUT2D eigenvalue weighted by atomic mass is 9.92. The van der Waals surface area contributed by atoms with Crippen molar-refractivity contribution in [3.8, 4) is 17.2 Å². The molecular weight excluding hydrogens is 370 g/mol. The van der Waals surface area contributed by atoms with Crippen LogP contribution in [-0.2, 0) is 12.8 Å². The first kappa shape index (κ1) is 19.0. The number of hydrogen-bond acceptors (Lipinski definition) is 4. The van der Waals surface area contributed by atoms with Crippen LogP contribution < -0.4 is 24.8 Å². The van der Waals surface area contributed by atoms with Gasteiger partial charge in [0.2, 0.25) is 5.75 Å². The third kappa shape index (κ3) is 3.68. The van der Waals surface area contributed by atoms with Crippen molar-refractivity contribution < 1.29 is 19.0 Å². The van der Waals surface area contributed by atoms with Crippen molar-refractivity contribution in [1.82, 2.24) is 10.3 Å². The molecule has 29 heavy (non-hydrogen) atoms. The van der Waals surface area contributed by atoms with Gasteiger partial charge in [0, 0.05) is 41.2 Å². The second kappa shape index (κ2) is 7.95. The van der Waals surface area contributed by atoms with Crippen LogP contribution in [0.4, 0.5) is 10.5 Å². The number of carbonyl (C=O) groups excluding carboxylic acids is 1. The summed E-state index contributed by atoms with van der Waals surface area (Å²) in [6.07, 6.45) is 2.62. The fourth-order valence-corrected chi connectivity index (χ4v) is 4.01. The van der Waals surface area contributed by atoms with Gasteiger partial charge in [-0.25, -0.2) is 4.79 Å². The number of amides is 2. The lowest BCUT2D eigenvalue weighted by molar-refractivity contribution is 0.247. The zero-order chi connectivity index (χ0) is 20.4. The van der Waals surface area contributed by atoms with Crippen LogP contribution in [0.2, 0.25) is 0 Å². The number of fused-ring (bicyclic) bond motifs is 3. The summed E-state index contributed by atoms with van der Waals surface area (Å²) < 4.78 is 16.0. The zero-order valence-electron chi connectivity index (χ0n) is 16.8. The number of aromatic amines is 1. The number of hydrogen-bond donors (Lipinski definition) is 3. The summed E-state index contributed by atoms with van der Waals surface area (Å²) in [5.74, 6) is 1.46. The van der Waals surface area contributed by atoms with E-state index in [4.69, 9.17) is 14.2 Å². The Kier molecular flexibility index (Phi) is 5.20. The lowest BCUT2D eigenvalue weighted by Crippen LogP contribution is -2.41. The minimum atomic E-state index is -0.260. The number of aromatic nitrogens is 1. The van der Waals surface area contributed by atoms with Crippen LogP contribution in [-0.4, -0.2) is 38.4 Å². The molecule has 0 spiro atoms. The van der Waals surface area contributed by atoms with Gasteiger partial charge in [0.1, 0.15) is 0 Å². The highest BCUT2D eigenvalue weighted by Gasteiger charge is 2.24. The van der Waals surface area contributed by atoms with Gasteiger partial charge in [0.15, 0.2) is 11.5 Å². The molecule has 2 amide bonds. The van der Waals surface area contributed by atoms with Gasteiger partial charge in [0.05, 0.1) is 27.0 Å². The molecule has 1 aliphatic rings. The summed E-state index contributed by atoms with van der Waals surface area (Å²) in [7, 11) is 4.63. The van der Waals surface area contributed by atoms with E-state index in [0.29, 0.717) is 22.9 Å². The van der Waals surface area contributed by atoms with Crippen molar-refractivity contribution in [2.45, 2.75) is 25.3 Å². The molecule has 1 heterocycles. The number of urea groups is 1. The highest BCUT2D eigenvalue weighted by atomic mass is 16.5. The Hall–Kier alpha value is -3.35. The maximum atomic E-state index is 12.6. The molecule has 0 saturated carbocycles. The molecular formula is C22H25N3O4. The number of nitrogens with one attached hydrogen (secondary N) is 3. The Labute approximate surface area is 169 Å². The predicted molar refractivity (Wildman–Crippen MR) is 112 cm³/mol. The smallest absolute Gasteiger partial charge is 0.319 e. The van der Waals surface area contributed by atoms with E-state index in [9.17, 15) is 4.79 Å². The number of H-pyrrole nitrogens is 1. The highest BCUT2D eigenvalue weighted by Crippen LogP contribution is 2.40. The van der Waals surface area contributed by atoms with Crippen LogP contribution >= 0.6 is 0 Å². The van der Waals surface area contributed by atoms with Gasteiger partial charge in [-0.3, -0.25) is 0 Å². The summed E-state index contributed by atoms with van der Waals surface area (Å²) in [6.45, 7) is 0. The monoisotopic (exact) mass is 395 g/mol. The first-order valence-corrected chi connectivity index (χ1v) is 9.59. The van der Waals surface area contributed by atoms with E-state index in [-0.39, 0.29) is 12.1 Å². The Morgan fingerprint density at radius 2 is 1.79 bits per heavy atom. The summed E-state index contributed by atoms with van der Waals surface area (Å²) in [6, 6.07) is 11.6. The van der Waals surface area contributed by atoms with E-state index >= 15 is 0 Å². The molecule has 1 atom stereocenters. The zero-order valence-corrected chi connectivity index (χ0v) is 16.8. The maximum absolute atomic E-state index is 12.6. The number of rotatable bonds is 5. The van der Waals surface area contributed by atoms with Crippen LogP contribution in [0.3, 0.4) is 0 Å². The van der Waals surface area contributed by atoms with Gasteiger partial charge in [-0.15, -0.1) is 0 Å². The summed E-state index contributed by atoms with van der Waals surface area (Å²) in [5.41, 5.74) is 4.29. The molecule has 0 saturated heterocycles. The third-order valence-electron chi connectivity index (χ3n) is 5.35. The molecule has 7 heteroatoms. The number of carbonyl (C=O) groups is 1. The Morgan fingerprint density at radius 1 is 1.07 bits per heavy atom. The molecule has 1 aliphatic carbocycles. The second-order valence-corrected chi connectivity index (χ2v) is 7.08. The van der Waals surface area contributed by atoms with Crippen molar-refractivity contribution in [3.63, 3.8) is 0 Å². The van der Waals surface area contributed by atoms with Crippen LogP contribution in [0.5, 0.6) is 17.2 Å². The fraction of sp³-hybridized carbons (Fsp3) is 0.318. The molecule has 7 nitrogen and oxygen atoms in total. The molecule has 4 rings (SSSR count). The first-order valence-electron chi connectivity index (χ1n) is 9.59. The first-order chi connectivity index (χ1) is 14.1. The van der Waals surface area contributed by atoms with E-state index < -0.39 is 0 Å². The molecule has 1 unspecified atom stereocenters. The number of para-hydroxylation sites is 1.